The van der Waals surface area contributed by atoms with Crippen molar-refractivity contribution in [2.75, 3.05) is 13.7 Å². The quantitative estimate of drug-likeness (QED) is 0.230. The Labute approximate surface area is 177 Å². The standard InChI is InChI=1S/C21H16Cl2N2O4/c1-3-8-25-20(26)15(12-24)9-13-4-7-18(19(10-13)28-2)29-21(27)14-5-6-16(22)17(23)11-14/h3-7,9-11H,1,8H2,2H3,(H,25,26). The largest absolute Gasteiger partial charge is 0.493 e. The highest BCUT2D eigenvalue weighted by Gasteiger charge is 2.15. The lowest BCUT2D eigenvalue weighted by Crippen LogP contribution is -2.24. The van der Waals surface area contributed by atoms with Crippen molar-refractivity contribution in [3.63, 3.8) is 0 Å². The number of nitriles is 1. The molecule has 0 fully saturated rings. The Kier molecular flexibility index (Phi) is 7.84. The van der Waals surface area contributed by atoms with Crippen LogP contribution in [0.3, 0.4) is 0 Å². The summed E-state index contributed by atoms with van der Waals surface area (Å²) in [5, 5.41) is 12.3. The van der Waals surface area contributed by atoms with Crippen LogP contribution in [0.4, 0.5) is 0 Å². The maximum Gasteiger partial charge on any atom is 0.343 e. The van der Waals surface area contributed by atoms with Crippen LogP contribution in [0, 0.1) is 11.3 Å². The number of esters is 1. The molecule has 148 valence electrons. The molecular formula is C21H16Cl2N2O4. The molecule has 0 aliphatic carbocycles. The van der Waals surface area contributed by atoms with Gasteiger partial charge >= 0.3 is 5.97 Å². The summed E-state index contributed by atoms with van der Waals surface area (Å²) < 4.78 is 10.6. The summed E-state index contributed by atoms with van der Waals surface area (Å²) in [6.45, 7) is 3.74. The maximum absolute atomic E-state index is 12.3. The Morgan fingerprint density at radius 1 is 1.17 bits per heavy atom. The SMILES string of the molecule is C=CCNC(=O)C(C#N)=Cc1ccc(OC(=O)c2ccc(Cl)c(Cl)c2)c(OC)c1. The molecule has 0 saturated carbocycles. The Balaban J connectivity index is 2.25. The van der Waals surface area contributed by atoms with Crippen LogP contribution in [0.2, 0.25) is 10.0 Å². The number of carbonyl (C=O) groups is 2. The number of carbonyl (C=O) groups excluding carboxylic acids is 2. The predicted octanol–water partition coefficient (Wildman–Crippen LogP) is 4.43. The molecule has 2 aromatic carbocycles. The first-order valence-electron chi connectivity index (χ1n) is 8.25. The smallest absolute Gasteiger partial charge is 0.343 e. The predicted molar refractivity (Wildman–Crippen MR) is 111 cm³/mol. The zero-order chi connectivity index (χ0) is 21.4. The van der Waals surface area contributed by atoms with E-state index in [-0.39, 0.29) is 34.2 Å². The molecule has 2 aromatic rings. The van der Waals surface area contributed by atoms with Crippen molar-refractivity contribution in [1.29, 1.82) is 5.26 Å². The van der Waals surface area contributed by atoms with Crippen molar-refractivity contribution in [3.05, 3.63) is 75.8 Å². The molecule has 0 spiro atoms. The van der Waals surface area contributed by atoms with Gasteiger partial charge in [-0.05, 0) is 42.0 Å². The molecule has 0 aliphatic rings. The van der Waals surface area contributed by atoms with Crippen molar-refractivity contribution in [2.45, 2.75) is 0 Å². The van der Waals surface area contributed by atoms with E-state index in [9.17, 15) is 14.9 Å². The molecule has 0 heterocycles. The second-order valence-corrected chi connectivity index (χ2v) is 6.41. The molecule has 0 atom stereocenters. The van der Waals surface area contributed by atoms with Crippen LogP contribution in [0.25, 0.3) is 6.08 Å². The molecule has 1 amide bonds. The Bertz CT molecular complexity index is 1030. The molecule has 2 rings (SSSR count). The zero-order valence-electron chi connectivity index (χ0n) is 15.4. The maximum atomic E-state index is 12.3. The second kappa shape index (κ2) is 10.3. The van der Waals surface area contributed by atoms with Crippen LogP contribution >= 0.6 is 23.2 Å². The molecular weight excluding hydrogens is 415 g/mol. The summed E-state index contributed by atoms with van der Waals surface area (Å²) in [6.07, 6.45) is 2.90. The monoisotopic (exact) mass is 430 g/mol. The van der Waals surface area contributed by atoms with E-state index in [4.69, 9.17) is 32.7 Å². The lowest BCUT2D eigenvalue weighted by molar-refractivity contribution is -0.116. The zero-order valence-corrected chi connectivity index (χ0v) is 16.9. The van der Waals surface area contributed by atoms with Gasteiger partial charge in [-0.1, -0.05) is 35.3 Å². The normalized spacial score (nSPS) is 10.6. The molecule has 0 radical (unpaired) electrons. The number of rotatable bonds is 7. The van der Waals surface area contributed by atoms with Crippen molar-refractivity contribution >= 4 is 41.2 Å². The van der Waals surface area contributed by atoms with Gasteiger partial charge < -0.3 is 14.8 Å². The van der Waals surface area contributed by atoms with Gasteiger partial charge in [0.15, 0.2) is 11.5 Å². The van der Waals surface area contributed by atoms with Crippen LogP contribution in [0.1, 0.15) is 15.9 Å². The minimum absolute atomic E-state index is 0.0885. The van der Waals surface area contributed by atoms with Gasteiger partial charge in [-0.2, -0.15) is 5.26 Å². The van der Waals surface area contributed by atoms with Crippen LogP contribution in [0.5, 0.6) is 11.5 Å². The van der Waals surface area contributed by atoms with E-state index in [0.29, 0.717) is 10.6 Å². The molecule has 0 saturated heterocycles. The first-order chi connectivity index (χ1) is 13.9. The lowest BCUT2D eigenvalue weighted by atomic mass is 10.1. The average molecular weight is 431 g/mol. The summed E-state index contributed by atoms with van der Waals surface area (Å²) in [7, 11) is 1.40. The fourth-order valence-electron chi connectivity index (χ4n) is 2.22. The van der Waals surface area contributed by atoms with Gasteiger partial charge in [0.05, 0.1) is 22.7 Å². The third-order valence-corrected chi connectivity index (χ3v) is 4.37. The van der Waals surface area contributed by atoms with E-state index >= 15 is 0 Å². The van der Waals surface area contributed by atoms with Gasteiger partial charge in [0.2, 0.25) is 0 Å². The van der Waals surface area contributed by atoms with Gasteiger partial charge in [-0.15, -0.1) is 6.58 Å². The third kappa shape index (κ3) is 5.85. The number of ether oxygens (including phenoxy) is 2. The highest BCUT2D eigenvalue weighted by Crippen LogP contribution is 2.30. The first-order valence-corrected chi connectivity index (χ1v) is 9.01. The van der Waals surface area contributed by atoms with Gasteiger partial charge in [-0.3, -0.25) is 4.79 Å². The van der Waals surface area contributed by atoms with E-state index in [1.165, 1.54) is 49.6 Å². The Morgan fingerprint density at radius 2 is 1.93 bits per heavy atom. The van der Waals surface area contributed by atoms with Crippen LogP contribution in [0.15, 0.2) is 54.6 Å². The fraction of sp³-hybridized carbons (Fsp3) is 0.0952. The number of hydrogen-bond donors (Lipinski definition) is 1. The van der Waals surface area contributed by atoms with E-state index in [2.05, 4.69) is 11.9 Å². The number of nitrogens with one attached hydrogen (secondary N) is 1. The summed E-state index contributed by atoms with van der Waals surface area (Å²) in [6, 6.07) is 10.8. The lowest BCUT2D eigenvalue weighted by Gasteiger charge is -2.10. The fourth-order valence-corrected chi connectivity index (χ4v) is 2.51. The van der Waals surface area contributed by atoms with Crippen molar-refractivity contribution < 1.29 is 19.1 Å². The van der Waals surface area contributed by atoms with E-state index < -0.39 is 11.9 Å². The number of halogens is 2. The van der Waals surface area contributed by atoms with Gasteiger partial charge in [-0.25, -0.2) is 4.79 Å². The minimum Gasteiger partial charge on any atom is -0.493 e. The highest BCUT2D eigenvalue weighted by molar-refractivity contribution is 6.42. The molecule has 6 nitrogen and oxygen atoms in total. The molecule has 0 unspecified atom stereocenters. The second-order valence-electron chi connectivity index (χ2n) is 5.60. The molecule has 1 N–H and O–H groups in total. The van der Waals surface area contributed by atoms with Crippen molar-refractivity contribution in [2.24, 2.45) is 0 Å². The topological polar surface area (TPSA) is 88.4 Å². The molecule has 0 aliphatic heterocycles. The molecule has 8 heteroatoms. The summed E-state index contributed by atoms with van der Waals surface area (Å²) >= 11 is 11.8. The summed E-state index contributed by atoms with van der Waals surface area (Å²) in [4.78, 5) is 24.3. The van der Waals surface area contributed by atoms with Crippen LogP contribution in [-0.2, 0) is 4.79 Å². The first kappa shape index (κ1) is 22.0. The van der Waals surface area contributed by atoms with E-state index in [1.54, 1.807) is 6.07 Å². The third-order valence-electron chi connectivity index (χ3n) is 3.63. The van der Waals surface area contributed by atoms with Crippen LogP contribution < -0.4 is 14.8 Å². The number of nitrogens with zero attached hydrogens (tertiary/aromatic N) is 1. The number of methoxy groups -OCH3 is 1. The van der Waals surface area contributed by atoms with E-state index in [0.717, 1.165) is 0 Å². The number of hydrogen-bond acceptors (Lipinski definition) is 5. The minimum atomic E-state index is -0.647. The number of amides is 1. The van der Waals surface area contributed by atoms with Gasteiger partial charge in [0, 0.05) is 6.54 Å². The van der Waals surface area contributed by atoms with Gasteiger partial charge in [0.25, 0.3) is 5.91 Å². The van der Waals surface area contributed by atoms with Gasteiger partial charge in [0.1, 0.15) is 11.6 Å². The molecule has 0 aromatic heterocycles. The summed E-state index contributed by atoms with van der Waals surface area (Å²) in [5.74, 6) is -0.764. The Morgan fingerprint density at radius 3 is 2.55 bits per heavy atom. The summed E-state index contributed by atoms with van der Waals surface area (Å²) in [5.41, 5.74) is 0.645. The average Bonchev–Trinajstić information content (AvgIpc) is 2.72. The Hall–Kier alpha value is -3.27. The van der Waals surface area contributed by atoms with Crippen LogP contribution in [-0.4, -0.2) is 25.5 Å². The highest BCUT2D eigenvalue weighted by atomic mass is 35.5. The van der Waals surface area contributed by atoms with Crippen molar-refractivity contribution in [1.82, 2.24) is 5.32 Å². The molecule has 29 heavy (non-hydrogen) atoms. The van der Waals surface area contributed by atoms with E-state index in [1.807, 2.05) is 6.07 Å². The molecule has 0 bridgehead atoms. The van der Waals surface area contributed by atoms with Crippen molar-refractivity contribution in [3.8, 4) is 17.6 Å². The number of benzene rings is 2.